The summed E-state index contributed by atoms with van der Waals surface area (Å²) in [7, 11) is 0. The van der Waals surface area contributed by atoms with Crippen molar-refractivity contribution in [1.29, 1.82) is 0 Å². The van der Waals surface area contributed by atoms with Crippen LogP contribution in [0.2, 0.25) is 0 Å². The zero-order valence-electron chi connectivity index (χ0n) is 10.9. The number of rotatable bonds is 5. The highest BCUT2D eigenvalue weighted by Crippen LogP contribution is 2.18. The van der Waals surface area contributed by atoms with Crippen LogP contribution in [0.25, 0.3) is 0 Å². The summed E-state index contributed by atoms with van der Waals surface area (Å²) in [6.07, 6.45) is 2.94. The summed E-state index contributed by atoms with van der Waals surface area (Å²) in [5.41, 5.74) is 5.17. The molecule has 4 N–H and O–H groups in total. The number of carboxylic acid groups (broad SMARTS) is 1. The molecule has 1 aromatic carbocycles. The summed E-state index contributed by atoms with van der Waals surface area (Å²) in [4.78, 5) is 26.9. The molecule has 0 atom stereocenters. The zero-order chi connectivity index (χ0) is 15.4. The molecule has 1 heterocycles. The zero-order valence-corrected chi connectivity index (χ0v) is 10.9. The van der Waals surface area contributed by atoms with E-state index in [4.69, 9.17) is 10.8 Å². The summed E-state index contributed by atoms with van der Waals surface area (Å²) in [6.45, 7) is 0.912. The molecule has 7 nitrogen and oxygen atoms in total. The van der Waals surface area contributed by atoms with Gasteiger partial charge < -0.3 is 20.7 Å². The van der Waals surface area contributed by atoms with Crippen LogP contribution in [0.15, 0.2) is 30.7 Å². The van der Waals surface area contributed by atoms with Crippen molar-refractivity contribution in [2.24, 2.45) is 5.73 Å². The van der Waals surface area contributed by atoms with Gasteiger partial charge in [-0.25, -0.2) is 14.2 Å². The van der Waals surface area contributed by atoms with E-state index in [-0.39, 0.29) is 16.9 Å². The molecule has 21 heavy (non-hydrogen) atoms. The number of nitrogens with one attached hydrogen (secondary N) is 1. The second-order valence-corrected chi connectivity index (χ2v) is 4.23. The Kier molecular flexibility index (Phi) is 4.29. The predicted molar refractivity (Wildman–Crippen MR) is 72.6 cm³/mol. The van der Waals surface area contributed by atoms with E-state index in [1.54, 1.807) is 4.57 Å². The standard InChI is InChI=1S/C13H13FN4O3/c14-8-1-2-10(9(5-8)13(20)21)17-12(19)11-6-18(4-3-15)7-16-11/h1-2,5-7H,3-4,15H2,(H,17,19)(H,20,21). The maximum Gasteiger partial charge on any atom is 0.337 e. The minimum Gasteiger partial charge on any atom is -0.478 e. The Bertz CT molecular complexity index is 684. The Hall–Kier alpha value is -2.74. The SMILES string of the molecule is NCCn1cnc(C(=O)Nc2ccc(F)cc2C(=O)O)c1. The third kappa shape index (κ3) is 3.42. The van der Waals surface area contributed by atoms with Gasteiger partial charge in [-0.05, 0) is 18.2 Å². The molecular weight excluding hydrogens is 279 g/mol. The molecule has 0 bridgehead atoms. The minimum absolute atomic E-state index is 0.00211. The van der Waals surface area contributed by atoms with E-state index in [9.17, 15) is 14.0 Å². The van der Waals surface area contributed by atoms with Crippen molar-refractivity contribution in [2.45, 2.75) is 6.54 Å². The third-order valence-corrected chi connectivity index (χ3v) is 2.71. The normalized spacial score (nSPS) is 10.4. The van der Waals surface area contributed by atoms with E-state index < -0.39 is 17.7 Å². The van der Waals surface area contributed by atoms with Gasteiger partial charge in [-0.15, -0.1) is 0 Å². The number of aromatic carboxylic acids is 1. The maximum atomic E-state index is 13.1. The lowest BCUT2D eigenvalue weighted by Crippen LogP contribution is -2.15. The van der Waals surface area contributed by atoms with Gasteiger partial charge in [-0.2, -0.15) is 0 Å². The van der Waals surface area contributed by atoms with Crippen molar-refractivity contribution in [3.05, 3.63) is 47.8 Å². The van der Waals surface area contributed by atoms with Gasteiger partial charge >= 0.3 is 5.97 Å². The van der Waals surface area contributed by atoms with Gasteiger partial charge in [0.05, 0.1) is 17.6 Å². The fourth-order valence-electron chi connectivity index (χ4n) is 1.74. The Balaban J connectivity index is 2.20. The number of benzene rings is 1. The highest BCUT2D eigenvalue weighted by molar-refractivity contribution is 6.06. The maximum absolute atomic E-state index is 13.1. The number of halogens is 1. The van der Waals surface area contributed by atoms with Gasteiger partial charge in [0.2, 0.25) is 0 Å². The number of amides is 1. The number of hydrogen-bond acceptors (Lipinski definition) is 4. The average Bonchev–Trinajstić information content (AvgIpc) is 2.89. The van der Waals surface area contributed by atoms with E-state index >= 15 is 0 Å². The summed E-state index contributed by atoms with van der Waals surface area (Å²) < 4.78 is 14.7. The van der Waals surface area contributed by atoms with E-state index in [2.05, 4.69) is 10.3 Å². The summed E-state index contributed by atoms with van der Waals surface area (Å²) >= 11 is 0. The van der Waals surface area contributed by atoms with Gasteiger partial charge in [0.15, 0.2) is 0 Å². The second kappa shape index (κ2) is 6.14. The van der Waals surface area contributed by atoms with Gasteiger partial charge in [0.25, 0.3) is 5.91 Å². The van der Waals surface area contributed by atoms with Crippen molar-refractivity contribution >= 4 is 17.6 Å². The number of carboxylic acids is 1. The molecule has 0 saturated carbocycles. The van der Waals surface area contributed by atoms with Crippen LogP contribution in [-0.2, 0) is 6.54 Å². The number of hydrogen-bond donors (Lipinski definition) is 3. The largest absolute Gasteiger partial charge is 0.478 e. The number of aromatic nitrogens is 2. The van der Waals surface area contributed by atoms with E-state index in [1.807, 2.05) is 0 Å². The van der Waals surface area contributed by atoms with Gasteiger partial charge in [0.1, 0.15) is 11.5 Å². The lowest BCUT2D eigenvalue weighted by molar-refractivity contribution is 0.0697. The Morgan fingerprint density at radius 1 is 1.43 bits per heavy atom. The molecule has 0 saturated heterocycles. The predicted octanol–water partition coefficient (Wildman–Crippen LogP) is 0.931. The van der Waals surface area contributed by atoms with E-state index in [1.165, 1.54) is 18.6 Å². The first-order valence-corrected chi connectivity index (χ1v) is 6.07. The highest BCUT2D eigenvalue weighted by Gasteiger charge is 2.16. The summed E-state index contributed by atoms with van der Waals surface area (Å²) in [6, 6.07) is 3.09. The van der Waals surface area contributed by atoms with Crippen molar-refractivity contribution in [2.75, 3.05) is 11.9 Å². The fraction of sp³-hybridized carbons (Fsp3) is 0.154. The molecule has 0 spiro atoms. The molecular formula is C13H13FN4O3. The second-order valence-electron chi connectivity index (χ2n) is 4.23. The molecule has 0 aliphatic heterocycles. The molecule has 110 valence electrons. The van der Waals surface area contributed by atoms with Crippen molar-refractivity contribution < 1.29 is 19.1 Å². The fourth-order valence-corrected chi connectivity index (χ4v) is 1.74. The molecule has 8 heteroatoms. The van der Waals surface area contributed by atoms with Gasteiger partial charge in [-0.1, -0.05) is 0 Å². The number of carbonyl (C=O) groups excluding carboxylic acids is 1. The number of nitrogens with zero attached hydrogens (tertiary/aromatic N) is 2. The monoisotopic (exact) mass is 292 g/mol. The van der Waals surface area contributed by atoms with Crippen LogP contribution in [-0.4, -0.2) is 33.1 Å². The smallest absolute Gasteiger partial charge is 0.337 e. The van der Waals surface area contributed by atoms with Crippen LogP contribution in [0.1, 0.15) is 20.8 Å². The van der Waals surface area contributed by atoms with Crippen molar-refractivity contribution in [3.63, 3.8) is 0 Å². The number of nitrogens with two attached hydrogens (primary N) is 1. The lowest BCUT2D eigenvalue weighted by Gasteiger charge is -2.07. The van der Waals surface area contributed by atoms with Crippen molar-refractivity contribution in [3.8, 4) is 0 Å². The summed E-state index contributed by atoms with van der Waals surface area (Å²) in [5.74, 6) is -2.61. The van der Waals surface area contributed by atoms with Crippen molar-refractivity contribution in [1.82, 2.24) is 9.55 Å². The topological polar surface area (TPSA) is 110 Å². The number of anilines is 1. The minimum atomic E-state index is -1.33. The first-order chi connectivity index (χ1) is 10.0. The quantitative estimate of drug-likeness (QED) is 0.759. The van der Waals surface area contributed by atoms with Crippen LogP contribution in [0, 0.1) is 5.82 Å². The van der Waals surface area contributed by atoms with Gasteiger partial charge in [-0.3, -0.25) is 4.79 Å². The van der Waals surface area contributed by atoms with Crippen LogP contribution in [0.4, 0.5) is 10.1 Å². The van der Waals surface area contributed by atoms with Crippen LogP contribution >= 0.6 is 0 Å². The Labute approximate surface area is 119 Å². The molecule has 0 aliphatic rings. The molecule has 2 rings (SSSR count). The Morgan fingerprint density at radius 3 is 2.86 bits per heavy atom. The molecule has 2 aromatic rings. The average molecular weight is 292 g/mol. The molecule has 1 aromatic heterocycles. The van der Waals surface area contributed by atoms with Crippen LogP contribution in [0.3, 0.4) is 0 Å². The first kappa shape index (κ1) is 14.7. The molecule has 0 fully saturated rings. The molecule has 0 radical (unpaired) electrons. The number of carbonyl (C=O) groups is 2. The third-order valence-electron chi connectivity index (χ3n) is 2.71. The summed E-state index contributed by atoms with van der Waals surface area (Å²) in [5, 5.41) is 11.4. The first-order valence-electron chi connectivity index (χ1n) is 6.07. The highest BCUT2D eigenvalue weighted by atomic mass is 19.1. The van der Waals surface area contributed by atoms with Crippen LogP contribution in [0.5, 0.6) is 0 Å². The molecule has 0 aliphatic carbocycles. The number of imidazole rings is 1. The van der Waals surface area contributed by atoms with Crippen LogP contribution < -0.4 is 11.1 Å². The lowest BCUT2D eigenvalue weighted by atomic mass is 10.1. The van der Waals surface area contributed by atoms with E-state index in [0.717, 1.165) is 12.1 Å². The van der Waals surface area contributed by atoms with E-state index in [0.29, 0.717) is 13.1 Å². The molecule has 0 unspecified atom stereocenters. The molecule has 1 amide bonds. The van der Waals surface area contributed by atoms with Gasteiger partial charge in [0, 0.05) is 19.3 Å². The Morgan fingerprint density at radius 2 is 2.19 bits per heavy atom.